The van der Waals surface area contributed by atoms with Crippen molar-refractivity contribution in [2.75, 3.05) is 0 Å². The number of nitrogens with zero attached hydrogens (tertiary/aromatic N) is 1. The maximum Gasteiger partial charge on any atom is 0.293 e. The summed E-state index contributed by atoms with van der Waals surface area (Å²) in [6.45, 7) is 1.59. The fourth-order valence-corrected chi connectivity index (χ4v) is 0.796. The molecule has 0 bridgehead atoms. The van der Waals surface area contributed by atoms with Crippen LogP contribution in [0.5, 0.6) is 0 Å². The number of primary amides is 1. The second-order valence-electron chi connectivity index (χ2n) is 1.75. The Bertz CT molecular complexity index is 269. The van der Waals surface area contributed by atoms with Crippen molar-refractivity contribution in [3.05, 3.63) is 16.8 Å². The molecule has 1 aromatic heterocycles. The highest BCUT2D eigenvalue weighted by Gasteiger charge is 2.12. The van der Waals surface area contributed by atoms with Gasteiger partial charge in [0.2, 0.25) is 5.76 Å². The van der Waals surface area contributed by atoms with E-state index < -0.39 is 5.91 Å². The fourth-order valence-electron chi connectivity index (χ4n) is 0.592. The third-order valence-electron chi connectivity index (χ3n) is 0.994. The third-order valence-corrected chi connectivity index (χ3v) is 1.16. The number of rotatable bonds is 1. The van der Waals surface area contributed by atoms with E-state index in [9.17, 15) is 4.79 Å². The summed E-state index contributed by atoms with van der Waals surface area (Å²) in [5.74, 6) is -0.637. The third kappa shape index (κ3) is 1.11. The van der Waals surface area contributed by atoms with Crippen LogP contribution in [0, 0.1) is 6.92 Å². The summed E-state index contributed by atoms with van der Waals surface area (Å²) >= 11 is 5.32. The lowest BCUT2D eigenvalue weighted by atomic mass is 10.4. The maximum absolute atomic E-state index is 10.5. The summed E-state index contributed by atoms with van der Waals surface area (Å²) in [5, 5.41) is -0.0636. The van der Waals surface area contributed by atoms with Gasteiger partial charge in [0.25, 0.3) is 11.3 Å². The van der Waals surface area contributed by atoms with Gasteiger partial charge in [0.05, 0.1) is 5.69 Å². The van der Waals surface area contributed by atoms with Gasteiger partial charge >= 0.3 is 0 Å². The van der Waals surface area contributed by atoms with Crippen molar-refractivity contribution in [2.45, 2.75) is 6.92 Å². The number of aromatic nitrogens is 1. The van der Waals surface area contributed by atoms with Crippen LogP contribution >= 0.6 is 11.6 Å². The molecule has 1 rings (SSSR count). The van der Waals surface area contributed by atoms with E-state index in [0.29, 0.717) is 5.69 Å². The van der Waals surface area contributed by atoms with Gasteiger partial charge in [-0.3, -0.25) is 4.79 Å². The van der Waals surface area contributed by atoms with Crippen molar-refractivity contribution in [1.29, 1.82) is 0 Å². The first-order chi connectivity index (χ1) is 4.61. The van der Waals surface area contributed by atoms with Gasteiger partial charge in [-0.15, -0.1) is 0 Å². The van der Waals surface area contributed by atoms with Crippen molar-refractivity contribution in [3.8, 4) is 0 Å². The average Bonchev–Trinajstić information content (AvgIpc) is 2.10. The van der Waals surface area contributed by atoms with Crippen molar-refractivity contribution < 1.29 is 9.21 Å². The summed E-state index contributed by atoms with van der Waals surface area (Å²) in [4.78, 5) is 14.1. The predicted octanol–water partition coefficient (Wildman–Crippen LogP) is 0.735. The minimum Gasteiger partial charge on any atom is -0.422 e. The highest BCUT2D eigenvalue weighted by molar-refractivity contribution is 6.27. The van der Waals surface area contributed by atoms with Gasteiger partial charge in [0, 0.05) is 0 Å². The lowest BCUT2D eigenvalue weighted by Gasteiger charge is -1.84. The molecular formula is C5H5ClN2O2. The van der Waals surface area contributed by atoms with Gasteiger partial charge in [-0.25, -0.2) is 4.98 Å². The number of amides is 1. The van der Waals surface area contributed by atoms with Crippen molar-refractivity contribution >= 4 is 17.5 Å². The minimum absolute atomic E-state index is 0.0185. The van der Waals surface area contributed by atoms with E-state index in [0.717, 1.165) is 0 Å². The number of carbonyl (C=O) groups excluding carboxylic acids is 1. The van der Waals surface area contributed by atoms with E-state index >= 15 is 0 Å². The van der Waals surface area contributed by atoms with E-state index in [1.54, 1.807) is 6.92 Å². The number of halogens is 1. The molecular weight excluding hydrogens is 156 g/mol. The Morgan fingerprint density at radius 2 is 2.40 bits per heavy atom. The smallest absolute Gasteiger partial charge is 0.293 e. The molecule has 0 radical (unpaired) electrons. The minimum atomic E-state index is -0.656. The van der Waals surface area contributed by atoms with Crippen LogP contribution in [-0.2, 0) is 0 Å². The van der Waals surface area contributed by atoms with Gasteiger partial charge in [-0.05, 0) is 18.5 Å². The summed E-state index contributed by atoms with van der Waals surface area (Å²) < 4.78 is 4.66. The number of hydrogen-bond acceptors (Lipinski definition) is 3. The highest BCUT2D eigenvalue weighted by Crippen LogP contribution is 2.12. The SMILES string of the molecule is Cc1nc(Cl)oc1C(N)=O. The van der Waals surface area contributed by atoms with Crippen LogP contribution in [0.25, 0.3) is 0 Å². The van der Waals surface area contributed by atoms with Gasteiger partial charge in [-0.1, -0.05) is 0 Å². The first kappa shape index (κ1) is 7.08. The lowest BCUT2D eigenvalue weighted by molar-refractivity contribution is 0.0973. The Morgan fingerprint density at radius 3 is 2.60 bits per heavy atom. The van der Waals surface area contributed by atoms with Crippen LogP contribution in [0.4, 0.5) is 0 Å². The van der Waals surface area contributed by atoms with E-state index in [1.165, 1.54) is 0 Å². The Morgan fingerprint density at radius 1 is 1.80 bits per heavy atom. The molecule has 54 valence electrons. The topological polar surface area (TPSA) is 69.1 Å². The summed E-state index contributed by atoms with van der Waals surface area (Å²) in [6.07, 6.45) is 0. The van der Waals surface area contributed by atoms with E-state index in [2.05, 4.69) is 9.40 Å². The molecule has 0 fully saturated rings. The van der Waals surface area contributed by atoms with Gasteiger partial charge in [-0.2, -0.15) is 0 Å². The molecule has 0 aliphatic heterocycles. The molecule has 4 nitrogen and oxygen atoms in total. The summed E-state index contributed by atoms with van der Waals surface area (Å²) in [5.41, 5.74) is 5.31. The Labute approximate surface area is 62.0 Å². The monoisotopic (exact) mass is 160 g/mol. The average molecular weight is 161 g/mol. The van der Waals surface area contributed by atoms with Gasteiger partial charge in [0.1, 0.15) is 0 Å². The molecule has 1 amide bonds. The molecule has 0 saturated carbocycles. The Balaban J connectivity index is 3.15. The molecule has 0 atom stereocenters. The van der Waals surface area contributed by atoms with Crippen LogP contribution in [0.2, 0.25) is 5.35 Å². The fraction of sp³-hybridized carbons (Fsp3) is 0.200. The van der Waals surface area contributed by atoms with Crippen molar-refractivity contribution in [3.63, 3.8) is 0 Å². The van der Waals surface area contributed by atoms with Crippen LogP contribution in [0.15, 0.2) is 4.42 Å². The molecule has 5 heteroatoms. The number of oxazole rings is 1. The molecule has 10 heavy (non-hydrogen) atoms. The molecule has 1 heterocycles. The first-order valence-corrected chi connectivity index (χ1v) is 2.92. The van der Waals surface area contributed by atoms with Crippen LogP contribution < -0.4 is 5.73 Å². The Hall–Kier alpha value is -1.03. The van der Waals surface area contributed by atoms with E-state index in [-0.39, 0.29) is 11.1 Å². The number of hydrogen-bond donors (Lipinski definition) is 1. The zero-order valence-electron chi connectivity index (χ0n) is 5.22. The van der Waals surface area contributed by atoms with E-state index in [1.807, 2.05) is 0 Å². The lowest BCUT2D eigenvalue weighted by Crippen LogP contribution is -2.10. The second-order valence-corrected chi connectivity index (χ2v) is 2.07. The molecule has 0 spiro atoms. The normalized spacial score (nSPS) is 9.80. The zero-order valence-corrected chi connectivity index (χ0v) is 5.97. The van der Waals surface area contributed by atoms with Crippen LogP contribution in [0.1, 0.15) is 16.2 Å². The second kappa shape index (κ2) is 2.30. The van der Waals surface area contributed by atoms with Crippen LogP contribution in [0.3, 0.4) is 0 Å². The molecule has 2 N–H and O–H groups in total. The standard InChI is InChI=1S/C5H5ClN2O2/c1-2-3(4(7)9)10-5(6)8-2/h1H3,(H2,7,9). The first-order valence-electron chi connectivity index (χ1n) is 2.54. The van der Waals surface area contributed by atoms with E-state index in [4.69, 9.17) is 17.3 Å². The molecule has 0 aromatic carbocycles. The molecule has 1 aromatic rings. The zero-order chi connectivity index (χ0) is 7.72. The molecule has 0 aliphatic rings. The quantitative estimate of drug-likeness (QED) is 0.659. The number of aryl methyl sites for hydroxylation is 1. The highest BCUT2D eigenvalue weighted by atomic mass is 35.5. The van der Waals surface area contributed by atoms with Crippen molar-refractivity contribution in [1.82, 2.24) is 4.98 Å². The largest absolute Gasteiger partial charge is 0.422 e. The Kier molecular flexibility index (Phi) is 1.63. The van der Waals surface area contributed by atoms with Gasteiger partial charge < -0.3 is 10.2 Å². The number of nitrogens with two attached hydrogens (primary N) is 1. The van der Waals surface area contributed by atoms with Crippen LogP contribution in [-0.4, -0.2) is 10.9 Å². The summed E-state index contributed by atoms with van der Waals surface area (Å²) in [6, 6.07) is 0. The molecule has 0 saturated heterocycles. The maximum atomic E-state index is 10.5. The molecule has 0 unspecified atom stereocenters. The predicted molar refractivity (Wildman–Crippen MR) is 34.8 cm³/mol. The molecule has 0 aliphatic carbocycles. The van der Waals surface area contributed by atoms with Gasteiger partial charge in [0.15, 0.2) is 0 Å². The number of carbonyl (C=O) groups is 1. The van der Waals surface area contributed by atoms with Crippen molar-refractivity contribution in [2.24, 2.45) is 5.73 Å². The summed E-state index contributed by atoms with van der Waals surface area (Å²) in [7, 11) is 0.